The van der Waals surface area contributed by atoms with E-state index in [4.69, 9.17) is 30.5 Å². The van der Waals surface area contributed by atoms with Gasteiger partial charge in [0.25, 0.3) is 5.91 Å². The van der Waals surface area contributed by atoms with E-state index in [9.17, 15) is 4.79 Å². The van der Waals surface area contributed by atoms with Crippen molar-refractivity contribution in [2.24, 2.45) is 0 Å². The zero-order valence-corrected chi connectivity index (χ0v) is 17.7. The van der Waals surface area contributed by atoms with Gasteiger partial charge in [-0.1, -0.05) is 17.7 Å². The molecule has 7 nitrogen and oxygen atoms in total. The minimum atomic E-state index is -0.404. The predicted molar refractivity (Wildman–Crippen MR) is 116 cm³/mol. The number of nitrogens with zero attached hydrogens (tertiary/aromatic N) is 1. The number of amides is 1. The number of halogens is 1. The van der Waals surface area contributed by atoms with E-state index < -0.39 is 5.91 Å². The maximum atomic E-state index is 12.6. The molecule has 0 spiro atoms. The Hall–Kier alpha value is -3.45. The zero-order chi connectivity index (χ0) is 21.7. The molecule has 1 N–H and O–H groups in total. The summed E-state index contributed by atoms with van der Waals surface area (Å²) in [4.78, 5) is 17.0. The second kappa shape index (κ2) is 9.37. The Morgan fingerprint density at radius 3 is 2.23 bits per heavy atom. The van der Waals surface area contributed by atoms with Crippen LogP contribution in [0.25, 0.3) is 17.0 Å². The molecule has 0 aliphatic carbocycles. The van der Waals surface area contributed by atoms with Crippen molar-refractivity contribution < 1.29 is 23.7 Å². The molecule has 0 radical (unpaired) electrons. The highest BCUT2D eigenvalue weighted by molar-refractivity contribution is 6.35. The van der Waals surface area contributed by atoms with E-state index in [2.05, 4.69) is 10.3 Å². The van der Waals surface area contributed by atoms with Crippen molar-refractivity contribution in [3.8, 4) is 23.0 Å². The molecule has 0 saturated carbocycles. The van der Waals surface area contributed by atoms with Crippen molar-refractivity contribution in [2.75, 3.05) is 28.4 Å². The van der Waals surface area contributed by atoms with Gasteiger partial charge in [-0.15, -0.1) is 0 Å². The van der Waals surface area contributed by atoms with Crippen LogP contribution in [0.1, 0.15) is 16.1 Å². The molecule has 2 aromatic carbocycles. The first-order valence-corrected chi connectivity index (χ1v) is 9.30. The van der Waals surface area contributed by atoms with Crippen molar-refractivity contribution in [2.45, 2.75) is 0 Å². The van der Waals surface area contributed by atoms with Crippen LogP contribution in [0.3, 0.4) is 0 Å². The molecule has 30 heavy (non-hydrogen) atoms. The van der Waals surface area contributed by atoms with Gasteiger partial charge in [0.1, 0.15) is 11.4 Å². The quantitative estimate of drug-likeness (QED) is 0.603. The van der Waals surface area contributed by atoms with Crippen LogP contribution in [0.4, 0.5) is 0 Å². The average molecular weight is 429 g/mol. The lowest BCUT2D eigenvalue weighted by atomic mass is 10.1. The van der Waals surface area contributed by atoms with Gasteiger partial charge in [0.2, 0.25) is 5.75 Å². The van der Waals surface area contributed by atoms with E-state index in [1.807, 2.05) is 6.07 Å². The fourth-order valence-electron chi connectivity index (χ4n) is 2.95. The third-order valence-electron chi connectivity index (χ3n) is 4.38. The number of para-hydroxylation sites is 1. The number of hydrogen-bond acceptors (Lipinski definition) is 6. The number of ether oxygens (including phenoxy) is 4. The van der Waals surface area contributed by atoms with Crippen LogP contribution in [-0.2, 0) is 0 Å². The summed E-state index contributed by atoms with van der Waals surface area (Å²) in [6.45, 7) is 0. The van der Waals surface area contributed by atoms with Crippen LogP contribution in [0.15, 0.2) is 42.6 Å². The molecule has 0 atom stereocenters. The number of aromatic nitrogens is 1. The third kappa shape index (κ3) is 4.26. The van der Waals surface area contributed by atoms with E-state index in [-0.39, 0.29) is 5.69 Å². The summed E-state index contributed by atoms with van der Waals surface area (Å²) in [6.07, 6.45) is 3.21. The van der Waals surface area contributed by atoms with E-state index in [1.165, 1.54) is 34.6 Å². The highest BCUT2D eigenvalue weighted by Crippen LogP contribution is 2.38. The maximum absolute atomic E-state index is 12.6. The highest BCUT2D eigenvalue weighted by atomic mass is 35.5. The molecule has 1 amide bonds. The van der Waals surface area contributed by atoms with Crippen LogP contribution < -0.4 is 24.3 Å². The molecule has 0 bridgehead atoms. The Morgan fingerprint density at radius 1 is 0.967 bits per heavy atom. The molecule has 0 aliphatic rings. The number of carbonyl (C=O) groups is 1. The molecular weight excluding hydrogens is 408 g/mol. The molecule has 3 rings (SSSR count). The number of benzene rings is 2. The lowest BCUT2D eigenvalue weighted by molar-refractivity contribution is 0.0965. The van der Waals surface area contributed by atoms with E-state index in [0.717, 1.165) is 10.9 Å². The van der Waals surface area contributed by atoms with Gasteiger partial charge in [0.15, 0.2) is 11.5 Å². The topological polar surface area (TPSA) is 78.9 Å². The molecule has 0 aliphatic heterocycles. The molecular formula is C22H21ClN2O5. The lowest BCUT2D eigenvalue weighted by Gasteiger charge is -2.12. The Morgan fingerprint density at radius 2 is 1.63 bits per heavy atom. The van der Waals surface area contributed by atoms with Crippen LogP contribution in [0.5, 0.6) is 23.0 Å². The van der Waals surface area contributed by atoms with Gasteiger partial charge in [0.05, 0.1) is 39.0 Å². The standard InChI is InChI=1S/C22H21ClN2O5/c1-27-17-12-16(25-20-14(17)6-5-7-15(20)23)22(26)24-9-8-13-10-18(28-2)21(30-4)19(11-13)29-3/h5-12H,1-4H3,(H,24,26)/b9-8+. The Kier molecular flexibility index (Phi) is 6.64. The van der Waals surface area contributed by atoms with Gasteiger partial charge in [-0.3, -0.25) is 4.79 Å². The molecule has 3 aromatic rings. The van der Waals surface area contributed by atoms with E-state index in [0.29, 0.717) is 33.5 Å². The summed E-state index contributed by atoms with van der Waals surface area (Å²) in [7, 11) is 6.14. The number of rotatable bonds is 7. The Bertz CT molecular complexity index is 1090. The molecule has 1 heterocycles. The van der Waals surface area contributed by atoms with Gasteiger partial charge >= 0.3 is 0 Å². The smallest absolute Gasteiger partial charge is 0.273 e. The van der Waals surface area contributed by atoms with Crippen LogP contribution >= 0.6 is 11.6 Å². The fourth-order valence-corrected chi connectivity index (χ4v) is 3.17. The van der Waals surface area contributed by atoms with Gasteiger partial charge in [-0.25, -0.2) is 4.98 Å². The Labute approximate surface area is 179 Å². The lowest BCUT2D eigenvalue weighted by Crippen LogP contribution is -2.18. The summed E-state index contributed by atoms with van der Waals surface area (Å²) >= 11 is 6.23. The van der Waals surface area contributed by atoms with Crippen molar-refractivity contribution in [1.29, 1.82) is 0 Å². The van der Waals surface area contributed by atoms with Gasteiger partial charge in [-0.05, 0) is 35.9 Å². The monoisotopic (exact) mass is 428 g/mol. The second-order valence-corrected chi connectivity index (χ2v) is 6.52. The normalized spacial score (nSPS) is 10.8. The van der Waals surface area contributed by atoms with E-state index >= 15 is 0 Å². The largest absolute Gasteiger partial charge is 0.496 e. The van der Waals surface area contributed by atoms with Crippen molar-refractivity contribution in [3.63, 3.8) is 0 Å². The maximum Gasteiger partial charge on any atom is 0.273 e. The molecule has 0 unspecified atom stereocenters. The number of methoxy groups -OCH3 is 4. The number of hydrogen-bond donors (Lipinski definition) is 1. The second-order valence-electron chi connectivity index (χ2n) is 6.11. The number of carbonyl (C=O) groups excluding carboxylic acids is 1. The molecule has 0 saturated heterocycles. The van der Waals surface area contributed by atoms with Gasteiger partial charge in [-0.2, -0.15) is 0 Å². The number of nitrogens with one attached hydrogen (secondary N) is 1. The van der Waals surface area contributed by atoms with Crippen molar-refractivity contribution in [1.82, 2.24) is 10.3 Å². The SMILES string of the molecule is COc1cc(/C=C/NC(=O)c2cc(OC)c3cccc(Cl)c3n2)cc(OC)c1OC. The summed E-state index contributed by atoms with van der Waals surface area (Å²) in [5.74, 6) is 1.63. The van der Waals surface area contributed by atoms with Crippen molar-refractivity contribution in [3.05, 3.63) is 58.9 Å². The van der Waals surface area contributed by atoms with Crippen molar-refractivity contribution >= 4 is 34.5 Å². The molecule has 8 heteroatoms. The molecule has 156 valence electrons. The summed E-state index contributed by atoms with van der Waals surface area (Å²) in [5, 5.41) is 3.86. The first-order valence-electron chi connectivity index (χ1n) is 8.93. The summed E-state index contributed by atoms with van der Waals surface area (Å²) in [6, 6.07) is 10.4. The average Bonchev–Trinajstić information content (AvgIpc) is 2.77. The first-order chi connectivity index (χ1) is 14.5. The minimum absolute atomic E-state index is 0.182. The van der Waals surface area contributed by atoms with E-state index in [1.54, 1.807) is 36.4 Å². The molecule has 0 fully saturated rings. The first kappa shape index (κ1) is 21.3. The molecule has 1 aromatic heterocycles. The third-order valence-corrected chi connectivity index (χ3v) is 4.69. The summed E-state index contributed by atoms with van der Waals surface area (Å²) < 4.78 is 21.4. The van der Waals surface area contributed by atoms with Gasteiger partial charge in [0, 0.05) is 17.7 Å². The van der Waals surface area contributed by atoms with Gasteiger partial charge < -0.3 is 24.3 Å². The highest BCUT2D eigenvalue weighted by Gasteiger charge is 2.14. The number of pyridine rings is 1. The van der Waals surface area contributed by atoms with Crippen LogP contribution in [0, 0.1) is 0 Å². The zero-order valence-electron chi connectivity index (χ0n) is 17.0. The van der Waals surface area contributed by atoms with Crippen LogP contribution in [-0.4, -0.2) is 39.3 Å². The summed E-state index contributed by atoms with van der Waals surface area (Å²) in [5.41, 5.74) is 1.43. The number of fused-ring (bicyclic) bond motifs is 1. The Balaban J connectivity index is 1.85. The predicted octanol–water partition coefficient (Wildman–Crippen LogP) is 4.32. The minimum Gasteiger partial charge on any atom is -0.496 e. The fraction of sp³-hybridized carbons (Fsp3) is 0.182. The van der Waals surface area contributed by atoms with Crippen LogP contribution in [0.2, 0.25) is 5.02 Å².